The summed E-state index contributed by atoms with van der Waals surface area (Å²) >= 11 is 2.38. The van der Waals surface area contributed by atoms with Gasteiger partial charge in [-0.05, 0) is 60.8 Å². The van der Waals surface area contributed by atoms with Crippen molar-refractivity contribution < 1.29 is 36.5 Å². The largest absolute Gasteiger partial charge is 0.491 e. The van der Waals surface area contributed by atoms with E-state index in [1.54, 1.807) is 23.6 Å². The number of thiophene rings is 1. The number of nitrogens with zero attached hydrogens (tertiary/aromatic N) is 2. The highest BCUT2D eigenvalue weighted by atomic mass is 32.2. The van der Waals surface area contributed by atoms with Gasteiger partial charge >= 0.3 is 12.1 Å². The van der Waals surface area contributed by atoms with Crippen molar-refractivity contribution in [2.24, 2.45) is 0 Å². The summed E-state index contributed by atoms with van der Waals surface area (Å²) in [4.78, 5) is 39.7. The number of rotatable bonds is 7. The fraction of sp³-hybridized carbons (Fsp3) is 0.231. The van der Waals surface area contributed by atoms with Crippen molar-refractivity contribution >= 4 is 63.6 Å². The number of alkyl halides is 3. The fourth-order valence-electron chi connectivity index (χ4n) is 4.01. The van der Waals surface area contributed by atoms with E-state index in [4.69, 9.17) is 4.18 Å². The molecule has 3 heterocycles. The number of benzene rings is 2. The molecule has 2 atom stereocenters. The summed E-state index contributed by atoms with van der Waals surface area (Å²) < 4.78 is 48.4. The molecule has 0 bridgehead atoms. The molecule has 4 aromatic rings. The molecule has 0 radical (unpaired) electrons. The first-order valence-corrected chi connectivity index (χ1v) is 13.9. The zero-order valence-electron chi connectivity index (χ0n) is 21.2. The molecule has 5 rings (SSSR count). The predicted molar refractivity (Wildman–Crippen MR) is 148 cm³/mol. The summed E-state index contributed by atoms with van der Waals surface area (Å²) in [7, 11) is 0. The lowest BCUT2D eigenvalue weighted by Crippen LogP contribution is -2.35. The van der Waals surface area contributed by atoms with Crippen LogP contribution in [0.1, 0.15) is 38.7 Å². The smallest absolute Gasteiger partial charge is 0.430 e. The van der Waals surface area contributed by atoms with Crippen molar-refractivity contribution in [1.29, 1.82) is 0 Å². The average molecular weight is 606 g/mol. The van der Waals surface area contributed by atoms with Gasteiger partial charge in [-0.1, -0.05) is 6.07 Å². The minimum atomic E-state index is -5.23. The summed E-state index contributed by atoms with van der Waals surface area (Å²) in [5.74, 6) is -2.84. The van der Waals surface area contributed by atoms with Crippen LogP contribution < -0.4 is 15.5 Å². The molecule has 1 aliphatic rings. The van der Waals surface area contributed by atoms with Gasteiger partial charge in [0, 0.05) is 40.8 Å². The summed E-state index contributed by atoms with van der Waals surface area (Å²) in [6.07, 6.45) is -6.81. The van der Waals surface area contributed by atoms with Gasteiger partial charge in [-0.15, -0.1) is 11.3 Å². The molecule has 10 nitrogen and oxygen atoms in total. The maximum atomic E-state index is 13.0. The lowest BCUT2D eigenvalue weighted by atomic mass is 10.1. The highest BCUT2D eigenvalue weighted by Gasteiger charge is 2.43. The van der Waals surface area contributed by atoms with E-state index < -0.39 is 30.2 Å². The molecule has 3 N–H and O–H groups in total. The van der Waals surface area contributed by atoms with Crippen LogP contribution in [0.4, 0.5) is 24.7 Å². The third kappa shape index (κ3) is 6.64. The minimum Gasteiger partial charge on any atom is -0.430 e. The van der Waals surface area contributed by atoms with Crippen LogP contribution in [-0.2, 0) is 13.7 Å². The van der Waals surface area contributed by atoms with Crippen LogP contribution in [0, 0.1) is 0 Å². The van der Waals surface area contributed by atoms with Gasteiger partial charge in [0.15, 0.2) is 5.82 Å². The number of halogens is 3. The second kappa shape index (κ2) is 11.8. The molecule has 214 valence electrons. The normalized spacial score (nSPS) is 16.3. The second-order valence-electron chi connectivity index (χ2n) is 8.98. The molecular formula is C26H22F3N5O5S2. The summed E-state index contributed by atoms with van der Waals surface area (Å²) in [6, 6.07) is 14.4. The number of esters is 1. The van der Waals surface area contributed by atoms with Crippen LogP contribution >= 0.6 is 23.4 Å². The predicted octanol–water partition coefficient (Wildman–Crippen LogP) is 5.24. The number of hydrogen-bond donors (Lipinski definition) is 3. The van der Waals surface area contributed by atoms with Crippen molar-refractivity contribution in [3.05, 3.63) is 76.0 Å². The Morgan fingerprint density at radius 3 is 2.56 bits per heavy atom. The zero-order valence-corrected chi connectivity index (χ0v) is 22.9. The van der Waals surface area contributed by atoms with E-state index in [-0.39, 0.29) is 22.4 Å². The van der Waals surface area contributed by atoms with Gasteiger partial charge in [0.25, 0.3) is 11.8 Å². The van der Waals surface area contributed by atoms with Gasteiger partial charge in [-0.3, -0.25) is 14.7 Å². The fourth-order valence-corrected chi connectivity index (χ4v) is 5.45. The number of amides is 2. The van der Waals surface area contributed by atoms with E-state index >= 15 is 0 Å². The van der Waals surface area contributed by atoms with Gasteiger partial charge < -0.3 is 24.5 Å². The molecule has 0 spiro atoms. The SMILES string of the molecule is CC1CN(c2ccc(C(=O)Nc3n[nH]c4ccc(C(=O)NC(OC(=O)C(F)(F)F)c5cccs5)cc34)cc2)CSO1. The number of aromatic nitrogens is 2. The van der Waals surface area contributed by atoms with Crippen LogP contribution in [0.5, 0.6) is 0 Å². The molecule has 2 aromatic carbocycles. The van der Waals surface area contributed by atoms with Gasteiger partial charge in [-0.2, -0.15) is 18.3 Å². The third-order valence-electron chi connectivity index (χ3n) is 5.99. The van der Waals surface area contributed by atoms with Crippen molar-refractivity contribution in [3.8, 4) is 0 Å². The lowest BCUT2D eigenvalue weighted by Gasteiger charge is -2.31. The molecule has 0 aliphatic carbocycles. The number of nitrogens with one attached hydrogen (secondary N) is 3. The Labute approximate surface area is 239 Å². The van der Waals surface area contributed by atoms with Gasteiger partial charge in [0.1, 0.15) is 0 Å². The monoisotopic (exact) mass is 605 g/mol. The quantitative estimate of drug-likeness (QED) is 0.148. The maximum Gasteiger partial charge on any atom is 0.491 e. The van der Waals surface area contributed by atoms with Crippen LogP contribution in [0.25, 0.3) is 10.9 Å². The Balaban J connectivity index is 1.30. The van der Waals surface area contributed by atoms with Gasteiger partial charge in [0.2, 0.25) is 6.23 Å². The maximum absolute atomic E-state index is 13.0. The molecule has 2 unspecified atom stereocenters. The van der Waals surface area contributed by atoms with Crippen LogP contribution in [-0.4, -0.2) is 52.7 Å². The first-order chi connectivity index (χ1) is 19.6. The molecule has 2 aromatic heterocycles. The Bertz CT molecular complexity index is 1560. The molecule has 0 saturated carbocycles. The standard InChI is InChI=1S/C26H22F3N5O5S2/c1-14-12-34(13-41-39-14)17-7-4-15(5-8-17)22(35)30-21-18-11-16(6-9-19(18)32-33-21)23(36)31-24(20-3-2-10-40-20)38-25(37)26(27,28)29/h2-11,14,24H,12-13H2,1H3,(H,31,36)(H2,30,32,33,35). The van der Waals surface area contributed by atoms with Gasteiger partial charge in [0.05, 0.1) is 22.4 Å². The lowest BCUT2D eigenvalue weighted by molar-refractivity contribution is -0.206. The molecule has 1 saturated heterocycles. The number of carbonyl (C=O) groups excluding carboxylic acids is 3. The van der Waals surface area contributed by atoms with E-state index in [0.717, 1.165) is 23.6 Å². The van der Waals surface area contributed by atoms with Gasteiger partial charge in [-0.25, -0.2) is 4.79 Å². The van der Waals surface area contributed by atoms with Crippen LogP contribution in [0.3, 0.4) is 0 Å². The molecule has 41 heavy (non-hydrogen) atoms. The highest BCUT2D eigenvalue weighted by molar-refractivity contribution is 7.94. The Morgan fingerprint density at radius 2 is 1.88 bits per heavy atom. The van der Waals surface area contributed by atoms with E-state index in [1.165, 1.54) is 36.3 Å². The van der Waals surface area contributed by atoms with Crippen LogP contribution in [0.15, 0.2) is 60.0 Å². The van der Waals surface area contributed by atoms with Crippen molar-refractivity contribution in [2.75, 3.05) is 22.6 Å². The topological polar surface area (TPSA) is 126 Å². The number of hydrogen-bond acceptors (Lipinski definition) is 9. The Hall–Kier alpha value is -4.08. The first kappa shape index (κ1) is 28.4. The van der Waals surface area contributed by atoms with E-state index in [2.05, 4.69) is 30.5 Å². The molecular weight excluding hydrogens is 583 g/mol. The number of fused-ring (bicyclic) bond motifs is 1. The third-order valence-corrected chi connectivity index (χ3v) is 7.79. The molecule has 1 aliphatic heterocycles. The van der Waals surface area contributed by atoms with Crippen molar-refractivity contribution in [1.82, 2.24) is 15.5 Å². The first-order valence-electron chi connectivity index (χ1n) is 12.1. The number of aromatic amines is 1. The molecule has 1 fully saturated rings. The van der Waals surface area contributed by atoms with E-state index in [0.29, 0.717) is 22.3 Å². The summed E-state index contributed by atoms with van der Waals surface area (Å²) in [5.41, 5.74) is 1.88. The Morgan fingerprint density at radius 1 is 1.12 bits per heavy atom. The molecule has 2 amide bonds. The minimum absolute atomic E-state index is 0.0426. The van der Waals surface area contributed by atoms with Crippen molar-refractivity contribution in [2.45, 2.75) is 25.4 Å². The number of anilines is 2. The second-order valence-corrected chi connectivity index (χ2v) is 10.6. The summed E-state index contributed by atoms with van der Waals surface area (Å²) in [5, 5.41) is 13.9. The summed E-state index contributed by atoms with van der Waals surface area (Å²) in [6.45, 7) is 2.71. The molecule has 15 heteroatoms. The number of ether oxygens (including phenoxy) is 1. The zero-order chi connectivity index (χ0) is 29.1. The van der Waals surface area contributed by atoms with E-state index in [9.17, 15) is 27.6 Å². The van der Waals surface area contributed by atoms with Crippen LogP contribution in [0.2, 0.25) is 0 Å². The highest BCUT2D eigenvalue weighted by Crippen LogP contribution is 2.28. The number of H-pyrrole nitrogens is 1. The average Bonchev–Trinajstić information content (AvgIpc) is 3.63. The number of carbonyl (C=O) groups is 3. The Kier molecular flexibility index (Phi) is 8.19. The van der Waals surface area contributed by atoms with E-state index in [1.807, 2.05) is 19.1 Å². The van der Waals surface area contributed by atoms with Crippen molar-refractivity contribution in [3.63, 3.8) is 0 Å².